The number of carbonyl (C=O) groups excluding carboxylic acids is 1. The topological polar surface area (TPSA) is 75.6 Å². The number of halogens is 1. The second-order valence-corrected chi connectivity index (χ2v) is 8.44. The Balaban J connectivity index is 3.20. The molecule has 1 aromatic rings. The number of nitrogens with one attached hydrogen (secondary N) is 1. The predicted octanol–water partition coefficient (Wildman–Crippen LogP) is 4.85. The van der Waals surface area contributed by atoms with Gasteiger partial charge in [-0.15, -0.1) is 11.3 Å². The Morgan fingerprint density at radius 2 is 1.71 bits per heavy atom. The number of ether oxygens (including phenoxy) is 1. The van der Waals surface area contributed by atoms with Gasteiger partial charge in [0.25, 0.3) is 0 Å². The van der Waals surface area contributed by atoms with E-state index in [1.54, 1.807) is 20.8 Å². The summed E-state index contributed by atoms with van der Waals surface area (Å²) in [6, 6.07) is 0. The first kappa shape index (κ1) is 18.0. The first-order valence-corrected chi connectivity index (χ1v) is 8.00. The molecule has 2 N–H and O–H groups in total. The van der Waals surface area contributed by atoms with Gasteiger partial charge in [-0.2, -0.15) is 0 Å². The van der Waals surface area contributed by atoms with E-state index in [-0.39, 0.29) is 16.0 Å². The molecule has 118 valence electrons. The van der Waals surface area contributed by atoms with Crippen molar-refractivity contribution in [2.24, 2.45) is 0 Å². The van der Waals surface area contributed by atoms with Crippen LogP contribution in [0.3, 0.4) is 0 Å². The highest BCUT2D eigenvalue weighted by atomic mass is 79.9. The van der Waals surface area contributed by atoms with Crippen LogP contribution in [0.25, 0.3) is 0 Å². The van der Waals surface area contributed by atoms with Crippen LogP contribution < -0.4 is 5.32 Å². The van der Waals surface area contributed by atoms with Gasteiger partial charge < -0.3 is 9.84 Å². The molecule has 5 nitrogen and oxygen atoms in total. The Bertz CT molecular complexity index is 567. The molecule has 0 fully saturated rings. The Morgan fingerprint density at radius 3 is 2.10 bits per heavy atom. The summed E-state index contributed by atoms with van der Waals surface area (Å²) in [5.41, 5.74) is -0.642. The number of hydrogen-bond donors (Lipinski definition) is 2. The van der Waals surface area contributed by atoms with Gasteiger partial charge in [-0.05, 0) is 42.1 Å². The number of rotatable bonds is 2. The summed E-state index contributed by atoms with van der Waals surface area (Å²) in [5.74, 6) is -1.08. The number of carboxylic acid groups (broad SMARTS) is 1. The van der Waals surface area contributed by atoms with Crippen molar-refractivity contribution in [3.05, 3.63) is 14.2 Å². The molecule has 0 aliphatic rings. The van der Waals surface area contributed by atoms with Gasteiger partial charge in [-0.25, -0.2) is 9.59 Å². The number of aromatic carboxylic acids is 1. The van der Waals surface area contributed by atoms with Crippen LogP contribution >= 0.6 is 27.3 Å². The average molecular weight is 378 g/mol. The van der Waals surface area contributed by atoms with E-state index in [2.05, 4.69) is 21.2 Å². The largest absolute Gasteiger partial charge is 0.477 e. The van der Waals surface area contributed by atoms with Crippen LogP contribution in [-0.4, -0.2) is 22.8 Å². The summed E-state index contributed by atoms with van der Waals surface area (Å²) >= 11 is 4.54. The van der Waals surface area contributed by atoms with Crippen molar-refractivity contribution in [3.63, 3.8) is 0 Å². The molecule has 0 aromatic carbocycles. The molecule has 0 atom stereocenters. The third kappa shape index (κ3) is 4.71. The zero-order valence-electron chi connectivity index (χ0n) is 13.0. The first-order valence-electron chi connectivity index (χ1n) is 6.39. The van der Waals surface area contributed by atoms with Crippen LogP contribution in [0.5, 0.6) is 0 Å². The zero-order valence-corrected chi connectivity index (χ0v) is 15.4. The van der Waals surface area contributed by atoms with Crippen LogP contribution in [0.15, 0.2) is 4.47 Å². The fourth-order valence-electron chi connectivity index (χ4n) is 1.56. The van der Waals surface area contributed by atoms with Crippen LogP contribution in [-0.2, 0) is 10.2 Å². The van der Waals surface area contributed by atoms with E-state index in [1.807, 2.05) is 20.8 Å². The van der Waals surface area contributed by atoms with Gasteiger partial charge in [0, 0.05) is 4.88 Å². The van der Waals surface area contributed by atoms with Crippen LogP contribution in [0.4, 0.5) is 10.5 Å². The molecule has 0 unspecified atom stereocenters. The fraction of sp³-hybridized carbons (Fsp3) is 0.571. The predicted molar refractivity (Wildman–Crippen MR) is 87.5 cm³/mol. The van der Waals surface area contributed by atoms with Crippen molar-refractivity contribution in [2.45, 2.75) is 52.6 Å². The third-order valence-electron chi connectivity index (χ3n) is 2.35. The highest BCUT2D eigenvalue weighted by molar-refractivity contribution is 9.10. The van der Waals surface area contributed by atoms with E-state index >= 15 is 0 Å². The van der Waals surface area contributed by atoms with Gasteiger partial charge >= 0.3 is 12.1 Å². The van der Waals surface area contributed by atoms with Crippen molar-refractivity contribution >= 4 is 45.0 Å². The lowest BCUT2D eigenvalue weighted by molar-refractivity contribution is 0.0636. The van der Waals surface area contributed by atoms with Crippen molar-refractivity contribution in [1.82, 2.24) is 0 Å². The second-order valence-electron chi connectivity index (χ2n) is 6.63. The minimum absolute atomic E-state index is 0.0812. The van der Waals surface area contributed by atoms with E-state index in [1.165, 1.54) is 0 Å². The summed E-state index contributed by atoms with van der Waals surface area (Å²) in [6.07, 6.45) is -0.677. The molecule has 0 radical (unpaired) electrons. The Hall–Kier alpha value is -1.08. The molecule has 0 saturated carbocycles. The minimum atomic E-state index is -1.08. The normalized spacial score (nSPS) is 12.1. The maximum Gasteiger partial charge on any atom is 0.412 e. The highest BCUT2D eigenvalue weighted by Crippen LogP contribution is 2.44. The molecular weight excluding hydrogens is 358 g/mol. The third-order valence-corrected chi connectivity index (χ3v) is 5.01. The lowest BCUT2D eigenvalue weighted by Crippen LogP contribution is -2.27. The van der Waals surface area contributed by atoms with E-state index in [0.29, 0.717) is 4.47 Å². The molecule has 21 heavy (non-hydrogen) atoms. The number of amides is 1. The second kappa shape index (κ2) is 5.96. The van der Waals surface area contributed by atoms with Crippen molar-refractivity contribution in [2.75, 3.05) is 5.32 Å². The SMILES string of the molecule is CC(C)(C)OC(=O)Nc1c(C(=O)O)sc(C(C)(C)C)c1Br. The average Bonchev–Trinajstić information content (AvgIpc) is 2.53. The highest BCUT2D eigenvalue weighted by Gasteiger charge is 2.29. The summed E-state index contributed by atoms with van der Waals surface area (Å²) < 4.78 is 5.75. The summed E-state index contributed by atoms with van der Waals surface area (Å²) in [7, 11) is 0. The quantitative estimate of drug-likeness (QED) is 0.771. The molecule has 1 amide bonds. The smallest absolute Gasteiger partial charge is 0.412 e. The van der Waals surface area contributed by atoms with E-state index in [0.717, 1.165) is 16.2 Å². The molecule has 0 aliphatic carbocycles. The Morgan fingerprint density at radius 1 is 1.19 bits per heavy atom. The summed E-state index contributed by atoms with van der Waals surface area (Å²) in [6.45, 7) is 11.2. The Labute approximate surface area is 136 Å². The van der Waals surface area contributed by atoms with E-state index < -0.39 is 17.7 Å². The van der Waals surface area contributed by atoms with E-state index in [4.69, 9.17) is 4.74 Å². The fourth-order valence-corrected chi connectivity index (χ4v) is 3.87. The number of thiophene rings is 1. The van der Waals surface area contributed by atoms with Crippen molar-refractivity contribution in [1.29, 1.82) is 0 Å². The Kier molecular flexibility index (Phi) is 5.10. The zero-order chi connectivity index (χ0) is 16.6. The van der Waals surface area contributed by atoms with Crippen molar-refractivity contribution < 1.29 is 19.4 Å². The lowest BCUT2D eigenvalue weighted by atomic mass is 9.94. The summed E-state index contributed by atoms with van der Waals surface area (Å²) in [5, 5.41) is 11.8. The molecule has 1 rings (SSSR count). The van der Waals surface area contributed by atoms with Gasteiger partial charge in [-0.1, -0.05) is 20.8 Å². The number of carbonyl (C=O) groups is 2. The van der Waals surface area contributed by atoms with Gasteiger partial charge in [0.15, 0.2) is 0 Å². The molecule has 0 spiro atoms. The maximum atomic E-state index is 11.9. The van der Waals surface area contributed by atoms with Gasteiger partial charge in [0.1, 0.15) is 10.5 Å². The molecule has 1 aromatic heterocycles. The minimum Gasteiger partial charge on any atom is -0.477 e. The van der Waals surface area contributed by atoms with Crippen LogP contribution in [0, 0.1) is 0 Å². The number of hydrogen-bond acceptors (Lipinski definition) is 4. The molecular formula is C14H20BrNO4S. The lowest BCUT2D eigenvalue weighted by Gasteiger charge is -2.20. The molecule has 0 aliphatic heterocycles. The van der Waals surface area contributed by atoms with Gasteiger partial charge in [0.05, 0.1) is 10.2 Å². The van der Waals surface area contributed by atoms with Crippen molar-refractivity contribution in [3.8, 4) is 0 Å². The molecule has 0 bridgehead atoms. The van der Waals surface area contributed by atoms with Crippen LogP contribution in [0.2, 0.25) is 0 Å². The standard InChI is InChI=1S/C14H20BrNO4S/c1-13(2,3)10-7(15)8(9(21-10)11(17)18)16-12(19)20-14(4,5)6/h1-6H3,(H,16,19)(H,17,18). The number of anilines is 1. The van der Waals surface area contributed by atoms with Crippen LogP contribution in [0.1, 0.15) is 56.1 Å². The molecule has 7 heteroatoms. The van der Waals surface area contributed by atoms with Gasteiger partial charge in [0.2, 0.25) is 0 Å². The maximum absolute atomic E-state index is 11.9. The molecule has 1 heterocycles. The molecule has 0 saturated heterocycles. The monoisotopic (exact) mass is 377 g/mol. The first-order chi connectivity index (χ1) is 9.33. The van der Waals surface area contributed by atoms with Gasteiger partial charge in [-0.3, -0.25) is 5.32 Å². The summed E-state index contributed by atoms with van der Waals surface area (Å²) in [4.78, 5) is 24.2. The number of carboxylic acids is 1. The van der Waals surface area contributed by atoms with E-state index in [9.17, 15) is 14.7 Å².